The number of rotatable bonds is 6. The van der Waals surface area contributed by atoms with Crippen molar-refractivity contribution in [2.45, 2.75) is 38.5 Å². The third-order valence-electron chi connectivity index (χ3n) is 4.24. The van der Waals surface area contributed by atoms with Crippen LogP contribution in [0.15, 0.2) is 30.3 Å². The second kappa shape index (κ2) is 8.05. The minimum Gasteiger partial charge on any atom is -0.343 e. The molecule has 1 heterocycles. The second-order valence-corrected chi connectivity index (χ2v) is 5.74. The number of carbonyl (C=O) groups is 1. The van der Waals surface area contributed by atoms with Crippen molar-refractivity contribution in [3.8, 4) is 0 Å². The number of likely N-dealkylation sites (tertiary alicyclic amines) is 1. The summed E-state index contributed by atoms with van der Waals surface area (Å²) in [5.74, 6) is 1.06. The molecule has 1 aromatic carbocycles. The van der Waals surface area contributed by atoms with Gasteiger partial charge in [-0.2, -0.15) is 0 Å². The van der Waals surface area contributed by atoms with Crippen molar-refractivity contribution in [3.05, 3.63) is 35.9 Å². The van der Waals surface area contributed by atoms with Gasteiger partial charge in [-0.15, -0.1) is 0 Å². The van der Waals surface area contributed by atoms with Gasteiger partial charge >= 0.3 is 0 Å². The molecule has 2 N–H and O–H groups in total. The summed E-state index contributed by atoms with van der Waals surface area (Å²) in [4.78, 5) is 14.2. The number of aryl methyl sites for hydroxylation is 1. The first-order valence-corrected chi connectivity index (χ1v) is 7.81. The maximum absolute atomic E-state index is 12.2. The Balaban J connectivity index is 1.66. The highest BCUT2D eigenvalue weighted by molar-refractivity contribution is 5.76. The van der Waals surface area contributed by atoms with E-state index in [1.165, 1.54) is 5.56 Å². The molecule has 0 radical (unpaired) electrons. The highest BCUT2D eigenvalue weighted by atomic mass is 16.2. The van der Waals surface area contributed by atoms with Crippen molar-refractivity contribution in [1.29, 1.82) is 0 Å². The lowest BCUT2D eigenvalue weighted by molar-refractivity contribution is -0.132. The fraction of sp³-hybridized carbons (Fsp3) is 0.588. The van der Waals surface area contributed by atoms with Crippen LogP contribution in [-0.2, 0) is 11.2 Å². The molecule has 0 aromatic heterocycles. The number of carbonyl (C=O) groups excluding carboxylic acids is 1. The molecule has 0 saturated carbocycles. The summed E-state index contributed by atoms with van der Waals surface area (Å²) in [6.07, 6.45) is 5.98. The van der Waals surface area contributed by atoms with E-state index in [1.807, 2.05) is 11.0 Å². The van der Waals surface area contributed by atoms with E-state index in [0.29, 0.717) is 12.3 Å². The minimum atomic E-state index is 0.326. The molecule has 3 heteroatoms. The zero-order valence-corrected chi connectivity index (χ0v) is 12.3. The van der Waals surface area contributed by atoms with Crippen molar-refractivity contribution in [2.75, 3.05) is 19.6 Å². The van der Waals surface area contributed by atoms with Crippen molar-refractivity contribution in [1.82, 2.24) is 4.90 Å². The van der Waals surface area contributed by atoms with Crippen LogP contribution in [-0.4, -0.2) is 30.4 Å². The Labute approximate surface area is 122 Å². The van der Waals surface area contributed by atoms with E-state index < -0.39 is 0 Å². The number of hydrogen-bond donors (Lipinski definition) is 1. The lowest BCUT2D eigenvalue weighted by Crippen LogP contribution is -2.38. The molecule has 1 aromatic rings. The number of amides is 1. The van der Waals surface area contributed by atoms with Crippen LogP contribution < -0.4 is 5.73 Å². The summed E-state index contributed by atoms with van der Waals surface area (Å²) in [7, 11) is 0. The Hall–Kier alpha value is -1.35. The molecule has 1 amide bonds. The van der Waals surface area contributed by atoms with Crippen molar-refractivity contribution in [3.63, 3.8) is 0 Å². The molecule has 0 atom stereocenters. The Kier molecular flexibility index (Phi) is 6.06. The molecular weight excluding hydrogens is 248 g/mol. The Bertz CT molecular complexity index is 397. The van der Waals surface area contributed by atoms with E-state index in [0.717, 1.165) is 57.7 Å². The molecule has 1 fully saturated rings. The highest BCUT2D eigenvalue weighted by Crippen LogP contribution is 2.20. The predicted molar refractivity (Wildman–Crippen MR) is 82.4 cm³/mol. The Morgan fingerprint density at radius 1 is 1.20 bits per heavy atom. The molecule has 3 nitrogen and oxygen atoms in total. The number of hydrogen-bond acceptors (Lipinski definition) is 2. The molecule has 0 aliphatic carbocycles. The second-order valence-electron chi connectivity index (χ2n) is 5.74. The van der Waals surface area contributed by atoms with Crippen LogP contribution in [0.25, 0.3) is 0 Å². The van der Waals surface area contributed by atoms with Gasteiger partial charge in [-0.05, 0) is 50.1 Å². The van der Waals surface area contributed by atoms with Gasteiger partial charge in [0.1, 0.15) is 0 Å². The zero-order valence-electron chi connectivity index (χ0n) is 12.3. The van der Waals surface area contributed by atoms with E-state index in [2.05, 4.69) is 24.3 Å². The molecule has 20 heavy (non-hydrogen) atoms. The number of nitrogens with two attached hydrogens (primary N) is 1. The van der Waals surface area contributed by atoms with E-state index >= 15 is 0 Å². The SMILES string of the molecule is NCCC1CCN(C(=O)CCCc2ccccc2)CC1. The number of piperidine rings is 1. The molecule has 0 bridgehead atoms. The van der Waals surface area contributed by atoms with Crippen LogP contribution >= 0.6 is 0 Å². The smallest absolute Gasteiger partial charge is 0.222 e. The van der Waals surface area contributed by atoms with Crippen LogP contribution in [0.2, 0.25) is 0 Å². The molecule has 0 unspecified atom stereocenters. The van der Waals surface area contributed by atoms with Gasteiger partial charge in [-0.25, -0.2) is 0 Å². The van der Waals surface area contributed by atoms with Crippen molar-refractivity contribution >= 4 is 5.91 Å². The molecule has 110 valence electrons. The van der Waals surface area contributed by atoms with Crippen LogP contribution in [0.5, 0.6) is 0 Å². The lowest BCUT2D eigenvalue weighted by atomic mass is 9.93. The van der Waals surface area contributed by atoms with E-state index in [-0.39, 0.29) is 0 Å². The third-order valence-corrected chi connectivity index (χ3v) is 4.24. The normalized spacial score (nSPS) is 16.4. The van der Waals surface area contributed by atoms with Gasteiger partial charge in [-0.3, -0.25) is 4.79 Å². The summed E-state index contributed by atoms with van der Waals surface area (Å²) in [5.41, 5.74) is 6.92. The number of benzene rings is 1. The average Bonchev–Trinajstić information content (AvgIpc) is 2.49. The maximum atomic E-state index is 12.2. The van der Waals surface area contributed by atoms with Crippen LogP contribution in [0.4, 0.5) is 0 Å². The fourth-order valence-corrected chi connectivity index (χ4v) is 2.95. The predicted octanol–water partition coefficient (Wildman–Crippen LogP) is 2.60. The van der Waals surface area contributed by atoms with Crippen LogP contribution in [0, 0.1) is 5.92 Å². The highest BCUT2D eigenvalue weighted by Gasteiger charge is 2.21. The average molecular weight is 274 g/mol. The first-order valence-electron chi connectivity index (χ1n) is 7.81. The summed E-state index contributed by atoms with van der Waals surface area (Å²) in [6, 6.07) is 10.4. The Morgan fingerprint density at radius 3 is 2.55 bits per heavy atom. The summed E-state index contributed by atoms with van der Waals surface area (Å²) >= 11 is 0. The van der Waals surface area contributed by atoms with Gasteiger partial charge in [0, 0.05) is 19.5 Å². The standard InChI is InChI=1S/C17H26N2O/c18-12-9-16-10-13-19(14-11-16)17(20)8-4-7-15-5-2-1-3-6-15/h1-3,5-6,16H,4,7-14,18H2. The van der Waals surface area contributed by atoms with E-state index in [9.17, 15) is 4.79 Å². The van der Waals surface area contributed by atoms with Gasteiger partial charge in [0.25, 0.3) is 0 Å². The zero-order chi connectivity index (χ0) is 14.2. The van der Waals surface area contributed by atoms with Crippen LogP contribution in [0.1, 0.15) is 37.7 Å². The molecular formula is C17H26N2O. The molecule has 1 saturated heterocycles. The summed E-state index contributed by atoms with van der Waals surface area (Å²) in [6.45, 7) is 2.62. The van der Waals surface area contributed by atoms with Crippen molar-refractivity contribution in [2.24, 2.45) is 11.7 Å². The van der Waals surface area contributed by atoms with Gasteiger partial charge in [0.05, 0.1) is 0 Å². The quantitative estimate of drug-likeness (QED) is 0.866. The van der Waals surface area contributed by atoms with Gasteiger partial charge in [0.15, 0.2) is 0 Å². The minimum absolute atomic E-state index is 0.326. The topological polar surface area (TPSA) is 46.3 Å². The Morgan fingerprint density at radius 2 is 1.90 bits per heavy atom. The summed E-state index contributed by atoms with van der Waals surface area (Å²) in [5, 5.41) is 0. The van der Waals surface area contributed by atoms with E-state index in [4.69, 9.17) is 5.73 Å². The third kappa shape index (κ3) is 4.64. The van der Waals surface area contributed by atoms with E-state index in [1.54, 1.807) is 0 Å². The van der Waals surface area contributed by atoms with Gasteiger partial charge in [-0.1, -0.05) is 30.3 Å². The molecule has 1 aliphatic rings. The largest absolute Gasteiger partial charge is 0.343 e. The first kappa shape index (κ1) is 15.0. The van der Waals surface area contributed by atoms with Crippen molar-refractivity contribution < 1.29 is 4.79 Å². The monoisotopic (exact) mass is 274 g/mol. The summed E-state index contributed by atoms with van der Waals surface area (Å²) < 4.78 is 0. The van der Waals surface area contributed by atoms with Gasteiger partial charge in [0.2, 0.25) is 5.91 Å². The maximum Gasteiger partial charge on any atom is 0.222 e. The van der Waals surface area contributed by atoms with Gasteiger partial charge < -0.3 is 10.6 Å². The van der Waals surface area contributed by atoms with Crippen LogP contribution in [0.3, 0.4) is 0 Å². The molecule has 1 aliphatic heterocycles. The molecule has 2 rings (SSSR count). The molecule has 0 spiro atoms. The fourth-order valence-electron chi connectivity index (χ4n) is 2.95. The lowest BCUT2D eigenvalue weighted by Gasteiger charge is -2.32. The number of nitrogens with zero attached hydrogens (tertiary/aromatic N) is 1. The first-order chi connectivity index (χ1) is 9.79.